The largest absolute Gasteiger partial charge is 0.389 e. The molecule has 2 heterocycles. The van der Waals surface area contributed by atoms with E-state index in [1.807, 2.05) is 13.0 Å². The first-order valence-corrected chi connectivity index (χ1v) is 10.2. The minimum absolute atomic E-state index is 0.403. The molecule has 144 valence electrons. The van der Waals surface area contributed by atoms with Gasteiger partial charge in [-0.2, -0.15) is 0 Å². The normalized spacial score (nSPS) is 18.7. The Balaban J connectivity index is 1.59. The van der Waals surface area contributed by atoms with Crippen LogP contribution in [0.15, 0.2) is 24.3 Å². The molecule has 1 aliphatic carbocycles. The van der Waals surface area contributed by atoms with Gasteiger partial charge in [-0.05, 0) is 56.2 Å². The first kappa shape index (κ1) is 18.2. The van der Waals surface area contributed by atoms with Gasteiger partial charge in [-0.3, -0.25) is 0 Å². The Bertz CT molecular complexity index is 816. The van der Waals surface area contributed by atoms with Crippen LogP contribution < -0.4 is 10.2 Å². The Morgan fingerprint density at radius 2 is 2.00 bits per heavy atom. The lowest BCUT2D eigenvalue weighted by molar-refractivity contribution is 0.199. The molecule has 27 heavy (non-hydrogen) atoms. The fraction of sp³-hybridized carbons (Fsp3) is 0.545. The van der Waals surface area contributed by atoms with Gasteiger partial charge in [-0.25, -0.2) is 9.97 Å². The van der Waals surface area contributed by atoms with Crippen molar-refractivity contribution < 1.29 is 5.11 Å². The molecule has 1 aromatic heterocycles. The maximum atomic E-state index is 9.83. The number of rotatable bonds is 6. The molecule has 0 radical (unpaired) electrons. The average Bonchev–Trinajstić information content (AvgIpc) is 3.52. The van der Waals surface area contributed by atoms with Crippen LogP contribution in [-0.2, 0) is 13.0 Å². The lowest BCUT2D eigenvalue weighted by Gasteiger charge is -2.31. The van der Waals surface area contributed by atoms with Crippen LogP contribution in [0.4, 0.5) is 11.6 Å². The van der Waals surface area contributed by atoms with Crippen molar-refractivity contribution in [1.82, 2.24) is 9.97 Å². The molecule has 0 spiro atoms. The van der Waals surface area contributed by atoms with Crippen molar-refractivity contribution >= 4 is 11.6 Å². The van der Waals surface area contributed by atoms with Crippen LogP contribution in [0.3, 0.4) is 0 Å². The summed E-state index contributed by atoms with van der Waals surface area (Å²) in [5.74, 6) is 3.51. The molecule has 2 aromatic rings. The second-order valence-corrected chi connectivity index (χ2v) is 8.07. The molecular formula is C22H30N4O. The predicted octanol–water partition coefficient (Wildman–Crippen LogP) is 4.18. The first-order chi connectivity index (χ1) is 13.0. The fourth-order valence-electron chi connectivity index (χ4n) is 3.60. The lowest BCUT2D eigenvalue weighted by Crippen LogP contribution is -2.31. The zero-order chi connectivity index (χ0) is 19.0. The SMILES string of the molecule is CC[C@H](C)Nc1cc(N2CCc3cc([C@@H](C)O)ccc3C2)nc(C2CC2)n1. The number of aliphatic hydroxyl groups is 1. The van der Waals surface area contributed by atoms with Crippen molar-refractivity contribution in [3.05, 3.63) is 46.8 Å². The Morgan fingerprint density at radius 1 is 1.19 bits per heavy atom. The van der Waals surface area contributed by atoms with Crippen LogP contribution in [-0.4, -0.2) is 27.7 Å². The topological polar surface area (TPSA) is 61.3 Å². The molecule has 0 amide bonds. The number of hydrogen-bond acceptors (Lipinski definition) is 5. The molecule has 1 aromatic carbocycles. The number of hydrogen-bond donors (Lipinski definition) is 2. The van der Waals surface area contributed by atoms with Crippen molar-refractivity contribution in [2.75, 3.05) is 16.8 Å². The molecule has 1 saturated carbocycles. The van der Waals surface area contributed by atoms with E-state index in [0.29, 0.717) is 12.0 Å². The van der Waals surface area contributed by atoms with E-state index in [4.69, 9.17) is 9.97 Å². The monoisotopic (exact) mass is 366 g/mol. The quantitative estimate of drug-likeness (QED) is 0.803. The van der Waals surface area contributed by atoms with Crippen molar-refractivity contribution in [2.45, 2.75) is 71.1 Å². The standard InChI is InChI=1S/C22H30N4O/c1-4-14(2)23-20-12-21(25-22(24-20)16-5-6-16)26-10-9-18-11-17(15(3)27)7-8-19(18)13-26/h7-8,11-12,14-16,27H,4-6,9-10,13H2,1-3H3,(H,23,24,25)/t14-,15+/m0/s1. The molecule has 2 atom stereocenters. The Hall–Kier alpha value is -2.14. The zero-order valence-electron chi connectivity index (χ0n) is 16.6. The number of benzene rings is 1. The van der Waals surface area contributed by atoms with Crippen LogP contribution in [0.25, 0.3) is 0 Å². The third-order valence-corrected chi connectivity index (χ3v) is 5.73. The fourth-order valence-corrected chi connectivity index (χ4v) is 3.60. The summed E-state index contributed by atoms with van der Waals surface area (Å²) in [6.45, 7) is 8.00. The summed E-state index contributed by atoms with van der Waals surface area (Å²) in [6, 6.07) is 8.86. The van der Waals surface area contributed by atoms with Crippen LogP contribution in [0.1, 0.15) is 74.6 Å². The summed E-state index contributed by atoms with van der Waals surface area (Å²) in [5.41, 5.74) is 3.67. The zero-order valence-corrected chi connectivity index (χ0v) is 16.6. The summed E-state index contributed by atoms with van der Waals surface area (Å²) in [6.07, 6.45) is 4.05. The lowest BCUT2D eigenvalue weighted by atomic mass is 9.96. The maximum absolute atomic E-state index is 9.83. The van der Waals surface area contributed by atoms with E-state index >= 15 is 0 Å². The summed E-state index contributed by atoms with van der Waals surface area (Å²) < 4.78 is 0. The Kier molecular flexibility index (Phi) is 5.04. The predicted molar refractivity (Wildman–Crippen MR) is 109 cm³/mol. The van der Waals surface area contributed by atoms with Crippen LogP contribution >= 0.6 is 0 Å². The van der Waals surface area contributed by atoms with Gasteiger partial charge in [0.2, 0.25) is 0 Å². The summed E-state index contributed by atoms with van der Waals surface area (Å²) in [5, 5.41) is 13.4. The summed E-state index contributed by atoms with van der Waals surface area (Å²) >= 11 is 0. The highest BCUT2D eigenvalue weighted by molar-refractivity contribution is 5.52. The van der Waals surface area contributed by atoms with Crippen LogP contribution in [0.5, 0.6) is 0 Å². The minimum Gasteiger partial charge on any atom is -0.389 e. The number of nitrogens with zero attached hydrogens (tertiary/aromatic N) is 3. The van der Waals surface area contributed by atoms with Gasteiger partial charge in [-0.15, -0.1) is 0 Å². The number of aromatic nitrogens is 2. The molecule has 4 rings (SSSR count). The number of fused-ring (bicyclic) bond motifs is 1. The highest BCUT2D eigenvalue weighted by atomic mass is 16.3. The molecule has 5 heteroatoms. The number of anilines is 2. The highest BCUT2D eigenvalue weighted by Crippen LogP contribution is 2.39. The molecule has 0 saturated heterocycles. The third kappa shape index (κ3) is 4.08. The first-order valence-electron chi connectivity index (χ1n) is 10.2. The van der Waals surface area contributed by atoms with Gasteiger partial charge in [0, 0.05) is 31.1 Å². The van der Waals surface area contributed by atoms with Gasteiger partial charge in [-0.1, -0.05) is 25.1 Å². The highest BCUT2D eigenvalue weighted by Gasteiger charge is 2.28. The van der Waals surface area contributed by atoms with Gasteiger partial charge >= 0.3 is 0 Å². The molecule has 0 unspecified atom stereocenters. The summed E-state index contributed by atoms with van der Waals surface area (Å²) in [4.78, 5) is 12.0. The summed E-state index contributed by atoms with van der Waals surface area (Å²) in [7, 11) is 0. The number of aliphatic hydroxyl groups excluding tert-OH is 1. The van der Waals surface area contributed by atoms with Gasteiger partial charge in [0.15, 0.2) is 0 Å². The molecule has 1 aliphatic heterocycles. The third-order valence-electron chi connectivity index (χ3n) is 5.73. The van der Waals surface area contributed by atoms with E-state index in [0.717, 1.165) is 49.0 Å². The van der Waals surface area contributed by atoms with E-state index < -0.39 is 6.10 Å². The van der Waals surface area contributed by atoms with Gasteiger partial charge < -0.3 is 15.3 Å². The molecule has 5 nitrogen and oxygen atoms in total. The smallest absolute Gasteiger partial charge is 0.136 e. The van der Waals surface area contributed by atoms with Crippen LogP contribution in [0.2, 0.25) is 0 Å². The van der Waals surface area contributed by atoms with E-state index in [2.05, 4.69) is 42.3 Å². The number of nitrogens with one attached hydrogen (secondary N) is 1. The van der Waals surface area contributed by atoms with Crippen molar-refractivity contribution in [2.24, 2.45) is 0 Å². The van der Waals surface area contributed by atoms with Crippen LogP contribution in [0, 0.1) is 0 Å². The van der Waals surface area contributed by atoms with Gasteiger partial charge in [0.1, 0.15) is 17.5 Å². The Morgan fingerprint density at radius 3 is 2.70 bits per heavy atom. The minimum atomic E-state index is -0.412. The van der Waals surface area contributed by atoms with E-state index in [9.17, 15) is 5.11 Å². The maximum Gasteiger partial charge on any atom is 0.136 e. The van der Waals surface area contributed by atoms with Crippen molar-refractivity contribution in [3.8, 4) is 0 Å². The second kappa shape index (κ2) is 7.47. The van der Waals surface area contributed by atoms with Gasteiger partial charge in [0.25, 0.3) is 0 Å². The van der Waals surface area contributed by atoms with Gasteiger partial charge in [0.05, 0.1) is 6.10 Å². The Labute approximate surface area is 161 Å². The molecule has 0 bridgehead atoms. The van der Waals surface area contributed by atoms with E-state index in [1.165, 1.54) is 24.0 Å². The molecule has 2 N–H and O–H groups in total. The molecule has 1 fully saturated rings. The second-order valence-electron chi connectivity index (χ2n) is 8.07. The average molecular weight is 367 g/mol. The van der Waals surface area contributed by atoms with E-state index in [-0.39, 0.29) is 0 Å². The molecule has 2 aliphatic rings. The molecular weight excluding hydrogens is 336 g/mol. The van der Waals surface area contributed by atoms with E-state index in [1.54, 1.807) is 0 Å². The van der Waals surface area contributed by atoms with Crippen molar-refractivity contribution in [3.63, 3.8) is 0 Å². The van der Waals surface area contributed by atoms with Crippen molar-refractivity contribution in [1.29, 1.82) is 0 Å².